The number of amides is 2. The van der Waals surface area contributed by atoms with Gasteiger partial charge in [-0.3, -0.25) is 4.90 Å². The highest BCUT2D eigenvalue weighted by molar-refractivity contribution is 5.96. The Balaban J connectivity index is 1.58. The van der Waals surface area contributed by atoms with Crippen molar-refractivity contribution in [2.24, 2.45) is 0 Å². The van der Waals surface area contributed by atoms with E-state index >= 15 is 0 Å². The van der Waals surface area contributed by atoms with E-state index in [9.17, 15) is 15.0 Å². The standard InChI is InChI=1S/C21H21N3O4/c1-11-19-16(15-9-14(28-2)7-8-17(15)22-19)10-18-20(26)24(21(27)23(11)18)12-3-5-13(25)6-4-12/h3-9,11,18,20,22,25-26H,10H2,1-2H3. The van der Waals surface area contributed by atoms with Gasteiger partial charge in [0.05, 0.1) is 19.2 Å². The number of aliphatic hydroxyl groups excluding tert-OH is 1. The van der Waals surface area contributed by atoms with Gasteiger partial charge in [-0.25, -0.2) is 4.79 Å². The molecule has 1 aromatic heterocycles. The number of carbonyl (C=O) groups excluding carboxylic acids is 1. The number of rotatable bonds is 2. The van der Waals surface area contributed by atoms with Crippen molar-refractivity contribution in [3.05, 3.63) is 53.7 Å². The van der Waals surface area contributed by atoms with Crippen LogP contribution in [0.5, 0.6) is 11.5 Å². The first kappa shape index (κ1) is 16.9. The summed E-state index contributed by atoms with van der Waals surface area (Å²) < 4.78 is 5.36. The maximum atomic E-state index is 13.2. The molecule has 0 bridgehead atoms. The maximum absolute atomic E-state index is 13.2. The molecule has 0 aliphatic carbocycles. The molecule has 0 spiro atoms. The lowest BCUT2D eigenvalue weighted by molar-refractivity contribution is 0.0936. The van der Waals surface area contributed by atoms with Crippen molar-refractivity contribution in [1.82, 2.24) is 9.88 Å². The number of fused-ring (bicyclic) bond motifs is 4. The van der Waals surface area contributed by atoms with Gasteiger partial charge in [0.15, 0.2) is 6.23 Å². The minimum absolute atomic E-state index is 0.117. The molecule has 3 N–H and O–H groups in total. The lowest BCUT2D eigenvalue weighted by Gasteiger charge is -2.35. The summed E-state index contributed by atoms with van der Waals surface area (Å²) in [5.74, 6) is 0.893. The monoisotopic (exact) mass is 379 g/mol. The van der Waals surface area contributed by atoms with Gasteiger partial charge in [0, 0.05) is 22.3 Å². The van der Waals surface area contributed by atoms with Crippen LogP contribution in [-0.2, 0) is 6.42 Å². The Morgan fingerprint density at radius 3 is 2.64 bits per heavy atom. The first-order valence-electron chi connectivity index (χ1n) is 9.26. The van der Waals surface area contributed by atoms with Crippen molar-refractivity contribution >= 4 is 22.6 Å². The van der Waals surface area contributed by atoms with Crippen LogP contribution < -0.4 is 9.64 Å². The quantitative estimate of drug-likeness (QED) is 0.638. The number of phenolic OH excluding ortho intramolecular Hbond substituents is 1. The number of aromatic hydroxyl groups is 1. The molecule has 28 heavy (non-hydrogen) atoms. The van der Waals surface area contributed by atoms with Crippen LogP contribution in [0.4, 0.5) is 10.5 Å². The van der Waals surface area contributed by atoms with Gasteiger partial charge in [-0.15, -0.1) is 0 Å². The number of aromatic nitrogens is 1. The maximum Gasteiger partial charge on any atom is 0.327 e. The zero-order valence-electron chi connectivity index (χ0n) is 15.6. The van der Waals surface area contributed by atoms with Crippen LogP contribution in [0.2, 0.25) is 0 Å². The van der Waals surface area contributed by atoms with Crippen molar-refractivity contribution in [3.8, 4) is 11.5 Å². The van der Waals surface area contributed by atoms with Crippen molar-refractivity contribution < 1.29 is 19.7 Å². The fraction of sp³-hybridized carbons (Fsp3) is 0.286. The largest absolute Gasteiger partial charge is 0.508 e. The third-order valence-corrected chi connectivity index (χ3v) is 5.92. The van der Waals surface area contributed by atoms with Crippen molar-refractivity contribution in [1.29, 1.82) is 0 Å². The Bertz CT molecular complexity index is 1080. The van der Waals surface area contributed by atoms with Crippen LogP contribution in [0.25, 0.3) is 10.9 Å². The fourth-order valence-electron chi connectivity index (χ4n) is 4.53. The minimum Gasteiger partial charge on any atom is -0.508 e. The second kappa shape index (κ2) is 5.90. The Morgan fingerprint density at radius 2 is 1.93 bits per heavy atom. The smallest absolute Gasteiger partial charge is 0.327 e. The van der Waals surface area contributed by atoms with E-state index in [0.29, 0.717) is 12.1 Å². The first-order valence-corrected chi connectivity index (χ1v) is 9.26. The second-order valence-electron chi connectivity index (χ2n) is 7.37. The second-order valence-corrected chi connectivity index (χ2v) is 7.37. The van der Waals surface area contributed by atoms with Gasteiger partial charge in [0.25, 0.3) is 0 Å². The Hall–Kier alpha value is -3.19. The summed E-state index contributed by atoms with van der Waals surface area (Å²) >= 11 is 0. The van der Waals surface area contributed by atoms with Crippen LogP contribution in [-0.4, -0.2) is 45.5 Å². The van der Waals surface area contributed by atoms with E-state index < -0.39 is 6.23 Å². The summed E-state index contributed by atoms with van der Waals surface area (Å²) in [4.78, 5) is 19.8. The number of methoxy groups -OCH3 is 1. The number of benzene rings is 2. The lowest BCUT2D eigenvalue weighted by atomic mass is 9.93. The Labute approximate surface area is 161 Å². The number of nitrogens with zero attached hydrogens (tertiary/aromatic N) is 2. The van der Waals surface area contributed by atoms with Gasteiger partial charge in [-0.2, -0.15) is 0 Å². The predicted molar refractivity (Wildman–Crippen MR) is 105 cm³/mol. The number of hydrogen-bond donors (Lipinski definition) is 3. The Morgan fingerprint density at radius 1 is 1.18 bits per heavy atom. The number of H-pyrrole nitrogens is 1. The molecule has 0 saturated carbocycles. The molecule has 7 heteroatoms. The number of carbonyl (C=O) groups is 1. The fourth-order valence-corrected chi connectivity index (χ4v) is 4.53. The van der Waals surface area contributed by atoms with E-state index in [-0.39, 0.29) is 23.9 Å². The van der Waals surface area contributed by atoms with Crippen LogP contribution in [0.3, 0.4) is 0 Å². The third kappa shape index (κ3) is 2.23. The van der Waals surface area contributed by atoms with Crippen LogP contribution >= 0.6 is 0 Å². The molecular weight excluding hydrogens is 358 g/mol. The Kier molecular flexibility index (Phi) is 3.57. The molecule has 3 heterocycles. The number of nitrogens with one attached hydrogen (secondary N) is 1. The summed E-state index contributed by atoms with van der Waals surface area (Å²) in [5, 5.41) is 21.6. The molecule has 1 fully saturated rings. The normalized spacial score (nSPS) is 23.8. The zero-order valence-corrected chi connectivity index (χ0v) is 15.6. The topological polar surface area (TPSA) is 89.0 Å². The third-order valence-electron chi connectivity index (χ3n) is 5.92. The molecule has 2 aliphatic heterocycles. The SMILES string of the molecule is COc1ccc2[nH]c3c(c2c1)CC1C(O)N(c2ccc(O)cc2)C(=O)N1C3C. The molecule has 0 radical (unpaired) electrons. The molecule has 2 amide bonds. The molecule has 3 atom stereocenters. The van der Waals surface area contributed by atoms with Crippen LogP contribution in [0.15, 0.2) is 42.5 Å². The summed E-state index contributed by atoms with van der Waals surface area (Å²) in [6.07, 6.45) is -0.419. The van der Waals surface area contributed by atoms with Crippen LogP contribution in [0.1, 0.15) is 24.2 Å². The van der Waals surface area contributed by atoms with Crippen LogP contribution in [0, 0.1) is 0 Å². The van der Waals surface area contributed by atoms with E-state index in [1.165, 1.54) is 17.0 Å². The highest BCUT2D eigenvalue weighted by Gasteiger charge is 2.51. The predicted octanol–water partition coefficient (Wildman–Crippen LogP) is 3.13. The van der Waals surface area contributed by atoms with Gasteiger partial charge < -0.3 is 24.8 Å². The number of aliphatic hydroxyl groups is 1. The van der Waals surface area contributed by atoms with Gasteiger partial charge >= 0.3 is 6.03 Å². The number of anilines is 1. The molecule has 2 aromatic carbocycles. The number of ether oxygens (including phenoxy) is 1. The highest BCUT2D eigenvalue weighted by Crippen LogP contribution is 2.43. The summed E-state index contributed by atoms with van der Waals surface area (Å²) in [5.41, 5.74) is 3.66. The molecule has 2 aliphatic rings. The average Bonchev–Trinajstić information content (AvgIpc) is 3.18. The number of phenols is 1. The van der Waals surface area contributed by atoms with Gasteiger partial charge in [0.2, 0.25) is 0 Å². The van der Waals surface area contributed by atoms with E-state index in [0.717, 1.165) is 27.9 Å². The van der Waals surface area contributed by atoms with E-state index in [1.807, 2.05) is 25.1 Å². The minimum atomic E-state index is -0.969. The van der Waals surface area contributed by atoms with Crippen molar-refractivity contribution in [3.63, 3.8) is 0 Å². The van der Waals surface area contributed by atoms with Gasteiger partial charge in [-0.05, 0) is 61.4 Å². The average molecular weight is 379 g/mol. The molecule has 144 valence electrons. The van der Waals surface area contributed by atoms with Crippen molar-refractivity contribution in [2.45, 2.75) is 31.7 Å². The molecule has 5 rings (SSSR count). The molecule has 3 aromatic rings. The summed E-state index contributed by atoms with van der Waals surface area (Å²) in [7, 11) is 1.64. The molecule has 3 unspecified atom stereocenters. The number of aromatic amines is 1. The number of hydrogen-bond acceptors (Lipinski definition) is 4. The molecule has 1 saturated heterocycles. The van der Waals surface area contributed by atoms with Gasteiger partial charge in [0.1, 0.15) is 11.5 Å². The zero-order chi connectivity index (χ0) is 19.6. The van der Waals surface area contributed by atoms with Crippen molar-refractivity contribution in [2.75, 3.05) is 12.0 Å². The molecular formula is C21H21N3O4. The summed E-state index contributed by atoms with van der Waals surface area (Å²) in [6, 6.07) is 11.4. The van der Waals surface area contributed by atoms with E-state index in [4.69, 9.17) is 4.74 Å². The molecule has 7 nitrogen and oxygen atoms in total. The highest BCUT2D eigenvalue weighted by atomic mass is 16.5. The number of urea groups is 1. The van der Waals surface area contributed by atoms with E-state index in [1.54, 1.807) is 24.1 Å². The first-order chi connectivity index (χ1) is 13.5. The van der Waals surface area contributed by atoms with E-state index in [2.05, 4.69) is 4.98 Å². The van der Waals surface area contributed by atoms with Gasteiger partial charge in [-0.1, -0.05) is 0 Å². The lowest BCUT2D eigenvalue weighted by Crippen LogP contribution is -2.43. The summed E-state index contributed by atoms with van der Waals surface area (Å²) in [6.45, 7) is 1.97.